The first-order chi connectivity index (χ1) is 18.5. The maximum Gasteiger partial charge on any atom is 0.181 e. The molecular formula is C28H27N7O2S. The molecule has 0 bridgehead atoms. The van der Waals surface area contributed by atoms with Gasteiger partial charge in [0.2, 0.25) is 0 Å². The summed E-state index contributed by atoms with van der Waals surface area (Å²) >= 11 is 0. The SMILES string of the molecule is Nc1cc(CN2CCC(S(=O)(=O)c3ccc(-n4c(-c5ccccn5)nc5cccnc54)cc3)CC2)ccn1. The number of nitrogens with zero attached hydrogens (tertiary/aromatic N) is 6. The number of imidazole rings is 1. The highest BCUT2D eigenvalue weighted by Crippen LogP contribution is 2.29. The third-order valence-electron chi connectivity index (χ3n) is 6.96. The average molecular weight is 526 g/mol. The van der Waals surface area contributed by atoms with Crippen LogP contribution in [0.5, 0.6) is 0 Å². The summed E-state index contributed by atoms with van der Waals surface area (Å²) in [5.41, 5.74) is 9.79. The van der Waals surface area contributed by atoms with Crippen LogP contribution in [-0.2, 0) is 16.4 Å². The van der Waals surface area contributed by atoms with E-state index in [-0.39, 0.29) is 0 Å². The molecule has 38 heavy (non-hydrogen) atoms. The number of nitrogens with two attached hydrogens (primary N) is 1. The first-order valence-corrected chi connectivity index (χ1v) is 14.1. The number of hydrogen-bond donors (Lipinski definition) is 1. The second kappa shape index (κ2) is 9.96. The van der Waals surface area contributed by atoms with E-state index in [0.29, 0.717) is 53.8 Å². The van der Waals surface area contributed by atoms with Gasteiger partial charge in [-0.2, -0.15) is 0 Å². The standard InChI is InChI=1S/C28H27N7O2S/c29-26-18-20(10-15-31-26)19-34-16-11-23(12-17-34)38(36,37)22-8-6-21(7-9-22)35-27-25(5-3-14-32-27)33-28(35)24-4-1-2-13-30-24/h1-10,13-15,18,23H,11-12,16-17,19H2,(H2,29,31). The van der Waals surface area contributed by atoms with Gasteiger partial charge in [0.25, 0.3) is 0 Å². The van der Waals surface area contributed by atoms with Gasteiger partial charge in [-0.15, -0.1) is 0 Å². The number of likely N-dealkylation sites (tertiary alicyclic amines) is 1. The van der Waals surface area contributed by atoms with E-state index in [0.717, 1.165) is 23.3 Å². The molecule has 6 rings (SSSR count). The third-order valence-corrected chi connectivity index (χ3v) is 9.24. The molecule has 1 fully saturated rings. The molecule has 2 N–H and O–H groups in total. The van der Waals surface area contributed by atoms with Crippen LogP contribution in [0.15, 0.2) is 90.2 Å². The van der Waals surface area contributed by atoms with Crippen LogP contribution in [0.25, 0.3) is 28.4 Å². The Labute approximate surface area is 220 Å². The van der Waals surface area contributed by atoms with Gasteiger partial charge < -0.3 is 5.73 Å². The predicted octanol–water partition coefficient (Wildman–Crippen LogP) is 3.90. The maximum absolute atomic E-state index is 13.5. The van der Waals surface area contributed by atoms with Crippen LogP contribution in [0.3, 0.4) is 0 Å². The van der Waals surface area contributed by atoms with Gasteiger partial charge in [-0.3, -0.25) is 14.5 Å². The van der Waals surface area contributed by atoms with E-state index in [1.807, 2.05) is 59.2 Å². The lowest BCUT2D eigenvalue weighted by molar-refractivity contribution is 0.222. The normalized spacial score (nSPS) is 15.2. The van der Waals surface area contributed by atoms with Gasteiger partial charge in [0.05, 0.1) is 10.1 Å². The number of sulfone groups is 1. The van der Waals surface area contributed by atoms with E-state index < -0.39 is 15.1 Å². The van der Waals surface area contributed by atoms with Gasteiger partial charge in [0.15, 0.2) is 21.3 Å². The number of piperidine rings is 1. The molecule has 1 saturated heterocycles. The predicted molar refractivity (Wildman–Crippen MR) is 146 cm³/mol. The smallest absolute Gasteiger partial charge is 0.181 e. The Morgan fingerprint density at radius 3 is 2.39 bits per heavy atom. The van der Waals surface area contributed by atoms with Gasteiger partial charge in [-0.1, -0.05) is 6.07 Å². The summed E-state index contributed by atoms with van der Waals surface area (Å²) in [6.45, 7) is 2.16. The average Bonchev–Trinajstić information content (AvgIpc) is 3.34. The minimum Gasteiger partial charge on any atom is -0.384 e. The van der Waals surface area contributed by atoms with Crippen molar-refractivity contribution in [1.82, 2.24) is 29.4 Å². The highest BCUT2D eigenvalue weighted by Gasteiger charge is 2.31. The van der Waals surface area contributed by atoms with E-state index in [4.69, 9.17) is 10.7 Å². The number of fused-ring (bicyclic) bond motifs is 1. The van der Waals surface area contributed by atoms with Crippen molar-refractivity contribution in [1.29, 1.82) is 0 Å². The number of rotatable bonds is 6. The summed E-state index contributed by atoms with van der Waals surface area (Å²) in [7, 11) is -3.46. The molecule has 1 aromatic carbocycles. The van der Waals surface area contributed by atoms with Crippen LogP contribution >= 0.6 is 0 Å². The molecule has 0 amide bonds. The lowest BCUT2D eigenvalue weighted by atomic mass is 10.1. The van der Waals surface area contributed by atoms with Gasteiger partial charge in [-0.05, 0) is 92.2 Å². The van der Waals surface area contributed by atoms with Crippen LogP contribution < -0.4 is 5.73 Å². The number of hydrogen-bond acceptors (Lipinski definition) is 8. The Hall–Kier alpha value is -4.15. The minimum absolute atomic E-state index is 0.332. The number of nitrogen functional groups attached to an aromatic ring is 1. The molecule has 0 saturated carbocycles. The fourth-order valence-corrected chi connectivity index (χ4v) is 6.76. The van der Waals surface area contributed by atoms with Crippen molar-refractivity contribution in [3.05, 3.63) is 90.9 Å². The topological polar surface area (TPSA) is 120 Å². The largest absolute Gasteiger partial charge is 0.384 e. The van der Waals surface area contributed by atoms with E-state index in [1.54, 1.807) is 30.7 Å². The van der Waals surface area contributed by atoms with E-state index >= 15 is 0 Å². The van der Waals surface area contributed by atoms with Crippen molar-refractivity contribution in [2.75, 3.05) is 18.8 Å². The zero-order valence-corrected chi connectivity index (χ0v) is 21.5. The second-order valence-corrected chi connectivity index (χ2v) is 11.7. The minimum atomic E-state index is -3.46. The van der Waals surface area contributed by atoms with Crippen LogP contribution in [0.2, 0.25) is 0 Å². The summed E-state index contributed by atoms with van der Waals surface area (Å²) in [6, 6.07) is 20.2. The summed E-state index contributed by atoms with van der Waals surface area (Å²) in [5, 5.41) is -0.410. The molecule has 5 heterocycles. The lowest BCUT2D eigenvalue weighted by Crippen LogP contribution is -2.38. The molecule has 1 aliphatic rings. The first kappa shape index (κ1) is 24.2. The fraction of sp³-hybridized carbons (Fsp3) is 0.214. The zero-order valence-electron chi connectivity index (χ0n) is 20.7. The van der Waals surface area contributed by atoms with Crippen molar-refractivity contribution in [2.24, 2.45) is 0 Å². The summed E-state index contributed by atoms with van der Waals surface area (Å²) in [6.07, 6.45) is 6.32. The Morgan fingerprint density at radius 1 is 0.868 bits per heavy atom. The molecule has 0 aliphatic carbocycles. The van der Waals surface area contributed by atoms with Crippen molar-refractivity contribution < 1.29 is 8.42 Å². The zero-order chi connectivity index (χ0) is 26.1. The van der Waals surface area contributed by atoms with Crippen molar-refractivity contribution in [3.63, 3.8) is 0 Å². The van der Waals surface area contributed by atoms with E-state index in [2.05, 4.69) is 19.9 Å². The molecule has 10 heteroatoms. The summed E-state index contributed by atoms with van der Waals surface area (Å²) < 4.78 is 28.9. The van der Waals surface area contributed by atoms with Gasteiger partial charge in [0, 0.05) is 30.8 Å². The Balaban J connectivity index is 1.23. The monoisotopic (exact) mass is 525 g/mol. The van der Waals surface area contributed by atoms with Crippen molar-refractivity contribution in [2.45, 2.75) is 29.5 Å². The van der Waals surface area contributed by atoms with Crippen molar-refractivity contribution in [3.8, 4) is 17.2 Å². The molecule has 5 aromatic rings. The van der Waals surface area contributed by atoms with Gasteiger partial charge in [0.1, 0.15) is 17.0 Å². The molecule has 0 radical (unpaired) electrons. The summed E-state index contributed by atoms with van der Waals surface area (Å²) in [5.74, 6) is 1.15. The Kier molecular flexibility index (Phi) is 6.34. The molecule has 0 unspecified atom stereocenters. The molecular weight excluding hydrogens is 498 g/mol. The van der Waals surface area contributed by atoms with Gasteiger partial charge >= 0.3 is 0 Å². The molecule has 9 nitrogen and oxygen atoms in total. The Bertz CT molecular complexity index is 1680. The molecule has 0 spiro atoms. The molecule has 192 valence electrons. The Morgan fingerprint density at radius 2 is 1.66 bits per heavy atom. The quantitative estimate of drug-likeness (QED) is 0.354. The highest BCUT2D eigenvalue weighted by molar-refractivity contribution is 7.92. The molecule has 0 atom stereocenters. The maximum atomic E-state index is 13.5. The van der Waals surface area contributed by atoms with E-state index in [1.165, 1.54) is 0 Å². The fourth-order valence-electron chi connectivity index (χ4n) is 5.03. The van der Waals surface area contributed by atoms with Crippen LogP contribution in [0.4, 0.5) is 5.82 Å². The summed E-state index contributed by atoms with van der Waals surface area (Å²) in [4.78, 5) is 20.4. The number of anilines is 1. The molecule has 1 aliphatic heterocycles. The third kappa shape index (κ3) is 4.64. The lowest BCUT2D eigenvalue weighted by Gasteiger charge is -2.31. The highest BCUT2D eigenvalue weighted by atomic mass is 32.2. The first-order valence-electron chi connectivity index (χ1n) is 12.5. The van der Waals surface area contributed by atoms with Gasteiger partial charge in [-0.25, -0.2) is 23.4 Å². The van der Waals surface area contributed by atoms with Crippen LogP contribution in [0, 0.1) is 0 Å². The number of pyridine rings is 3. The van der Waals surface area contributed by atoms with Crippen LogP contribution in [0.1, 0.15) is 18.4 Å². The van der Waals surface area contributed by atoms with Crippen LogP contribution in [-0.4, -0.2) is 56.2 Å². The van der Waals surface area contributed by atoms with Crippen molar-refractivity contribution >= 4 is 26.8 Å². The molecule has 4 aromatic heterocycles. The second-order valence-electron chi connectivity index (χ2n) is 9.44. The number of aromatic nitrogens is 5. The number of benzene rings is 1. The van der Waals surface area contributed by atoms with E-state index in [9.17, 15) is 8.42 Å².